The smallest absolute Gasteiger partial charge is 0.319 e. The van der Waals surface area contributed by atoms with E-state index in [-0.39, 0.29) is 39.9 Å². The average molecular weight is 594 g/mol. The van der Waals surface area contributed by atoms with Gasteiger partial charge in [-0.25, -0.2) is 4.39 Å². The average Bonchev–Trinajstić information content (AvgIpc) is 2.98. The summed E-state index contributed by atoms with van der Waals surface area (Å²) in [4.78, 5) is 27.1. The molecule has 1 saturated heterocycles. The van der Waals surface area contributed by atoms with E-state index in [1.807, 2.05) is 38.1 Å². The molecule has 1 aliphatic rings. The van der Waals surface area contributed by atoms with Crippen LogP contribution in [0.5, 0.6) is 11.8 Å². The zero-order valence-corrected chi connectivity index (χ0v) is 25.2. The van der Waals surface area contributed by atoms with Crippen LogP contribution in [0.15, 0.2) is 42.5 Å². The minimum atomic E-state index is -0.614. The summed E-state index contributed by atoms with van der Waals surface area (Å²) in [7, 11) is 0. The van der Waals surface area contributed by atoms with Crippen LogP contribution < -0.4 is 9.64 Å². The topological polar surface area (TPSA) is 82.0 Å². The number of fused-ring (bicyclic) bond motifs is 2. The molecule has 1 amide bonds. The van der Waals surface area contributed by atoms with Crippen molar-refractivity contribution in [3.05, 3.63) is 53.3 Å². The largest absolute Gasteiger partial charge is 0.508 e. The third-order valence-corrected chi connectivity index (χ3v) is 8.44. The van der Waals surface area contributed by atoms with Gasteiger partial charge in [0.15, 0.2) is 5.82 Å². The molecule has 0 radical (unpaired) electrons. The first kappa shape index (κ1) is 29.8. The van der Waals surface area contributed by atoms with Crippen molar-refractivity contribution in [2.45, 2.75) is 46.2 Å². The Balaban J connectivity index is 1.64. The van der Waals surface area contributed by atoms with Crippen LogP contribution in [-0.2, 0) is 4.79 Å². The number of nitrogens with zero attached hydrogens (tertiary/aromatic N) is 5. The van der Waals surface area contributed by atoms with E-state index >= 15 is 4.39 Å². The number of rotatable bonds is 10. The van der Waals surface area contributed by atoms with E-state index in [4.69, 9.17) is 21.3 Å². The molecule has 0 spiro atoms. The molecule has 2 atom stereocenters. The van der Waals surface area contributed by atoms with Gasteiger partial charge >= 0.3 is 6.01 Å². The molecule has 10 heteroatoms. The SMILES string of the molecule is CCN(CC)CCCOc1nc(N2C[C@@H](C)N(C=O)C[C@@H]2C)c2cc(Cl)c(-c3cc(O)cc4ccccc34)c(F)c2n1. The van der Waals surface area contributed by atoms with Crippen molar-refractivity contribution < 1.29 is 19.0 Å². The summed E-state index contributed by atoms with van der Waals surface area (Å²) in [5.74, 6) is -0.0930. The highest BCUT2D eigenvalue weighted by atomic mass is 35.5. The number of hydrogen-bond donors (Lipinski definition) is 1. The molecule has 0 saturated carbocycles. The number of benzene rings is 3. The second kappa shape index (κ2) is 12.7. The van der Waals surface area contributed by atoms with Crippen molar-refractivity contribution in [2.24, 2.45) is 0 Å². The van der Waals surface area contributed by atoms with E-state index < -0.39 is 5.82 Å². The van der Waals surface area contributed by atoms with Gasteiger partial charge in [0, 0.05) is 42.7 Å². The number of anilines is 1. The second-order valence-corrected chi connectivity index (χ2v) is 11.3. The van der Waals surface area contributed by atoms with Gasteiger partial charge in [-0.15, -0.1) is 0 Å². The maximum absolute atomic E-state index is 16.7. The Bertz CT molecular complexity index is 1600. The van der Waals surface area contributed by atoms with Crippen LogP contribution in [0.4, 0.5) is 10.2 Å². The number of phenolic OH excluding ortho intramolecular Hbond substituents is 1. The Labute approximate surface area is 250 Å². The number of ether oxygens (including phenoxy) is 1. The maximum Gasteiger partial charge on any atom is 0.319 e. The van der Waals surface area contributed by atoms with Crippen molar-refractivity contribution >= 4 is 45.5 Å². The molecule has 0 unspecified atom stereocenters. The zero-order valence-electron chi connectivity index (χ0n) is 24.5. The summed E-state index contributed by atoms with van der Waals surface area (Å²) in [5.41, 5.74) is 0.710. The molecule has 1 N–H and O–H groups in total. The van der Waals surface area contributed by atoms with E-state index in [1.165, 1.54) is 6.07 Å². The lowest BCUT2D eigenvalue weighted by Crippen LogP contribution is -2.56. The molecule has 5 rings (SSSR count). The molecule has 2 heterocycles. The van der Waals surface area contributed by atoms with Gasteiger partial charge < -0.3 is 24.5 Å². The van der Waals surface area contributed by atoms with Crippen molar-refractivity contribution in [1.29, 1.82) is 0 Å². The number of hydrogen-bond acceptors (Lipinski definition) is 7. The van der Waals surface area contributed by atoms with Gasteiger partial charge in [-0.2, -0.15) is 9.97 Å². The summed E-state index contributed by atoms with van der Waals surface area (Å²) >= 11 is 6.83. The summed E-state index contributed by atoms with van der Waals surface area (Å²) in [6.07, 6.45) is 1.64. The molecule has 4 aromatic rings. The maximum atomic E-state index is 16.7. The first-order valence-corrected chi connectivity index (χ1v) is 14.9. The Morgan fingerprint density at radius 3 is 2.60 bits per heavy atom. The van der Waals surface area contributed by atoms with E-state index in [0.717, 1.165) is 43.2 Å². The predicted octanol–water partition coefficient (Wildman–Crippen LogP) is 6.11. The van der Waals surface area contributed by atoms with E-state index in [9.17, 15) is 9.90 Å². The number of halogens is 2. The molecular weight excluding hydrogens is 557 g/mol. The fraction of sp³-hybridized carbons (Fsp3) is 0.406. The zero-order chi connectivity index (χ0) is 30.0. The minimum absolute atomic E-state index is 0.00993. The molecule has 222 valence electrons. The molecule has 1 aromatic heterocycles. The van der Waals surface area contributed by atoms with Gasteiger partial charge in [0.2, 0.25) is 6.41 Å². The first-order chi connectivity index (χ1) is 20.2. The van der Waals surface area contributed by atoms with Crippen LogP contribution in [0.2, 0.25) is 5.02 Å². The third kappa shape index (κ3) is 5.80. The number of aromatic hydroxyl groups is 1. The summed E-state index contributed by atoms with van der Waals surface area (Å²) in [5, 5.41) is 12.6. The van der Waals surface area contributed by atoms with Crippen LogP contribution in [0.3, 0.4) is 0 Å². The lowest BCUT2D eigenvalue weighted by atomic mass is 9.96. The second-order valence-electron chi connectivity index (χ2n) is 10.9. The summed E-state index contributed by atoms with van der Waals surface area (Å²) in [6, 6.07) is 12.2. The molecule has 1 fully saturated rings. The first-order valence-electron chi connectivity index (χ1n) is 14.5. The lowest BCUT2D eigenvalue weighted by molar-refractivity contribution is -0.120. The Kier molecular flexibility index (Phi) is 8.99. The van der Waals surface area contributed by atoms with Gasteiger partial charge in [-0.05, 0) is 67.9 Å². The fourth-order valence-electron chi connectivity index (χ4n) is 5.78. The number of piperazine rings is 1. The highest BCUT2D eigenvalue weighted by Gasteiger charge is 2.32. The molecule has 0 aliphatic carbocycles. The number of carbonyl (C=O) groups excluding carboxylic acids is 1. The highest BCUT2D eigenvalue weighted by molar-refractivity contribution is 6.35. The van der Waals surface area contributed by atoms with Crippen molar-refractivity contribution in [3.63, 3.8) is 0 Å². The summed E-state index contributed by atoms with van der Waals surface area (Å²) in [6.45, 7) is 12.4. The monoisotopic (exact) mass is 593 g/mol. The van der Waals surface area contributed by atoms with Crippen molar-refractivity contribution in [2.75, 3.05) is 44.2 Å². The van der Waals surface area contributed by atoms with Gasteiger partial charge in [0.25, 0.3) is 0 Å². The van der Waals surface area contributed by atoms with Crippen LogP contribution >= 0.6 is 11.6 Å². The molecule has 8 nitrogen and oxygen atoms in total. The Hall–Kier alpha value is -3.69. The standard InChI is InChI=1S/C32H37ClFN5O3/c1-5-37(6-2)12-9-13-42-32-35-30-26(31(36-32)39-18-20(3)38(19-40)17-21(39)4)16-27(33)28(29(30)34)25-15-23(41)14-22-10-7-8-11-24(22)25/h7-8,10-11,14-16,19-21,41H,5-6,9,12-13,17-18H2,1-4H3/t20-,21+/m1/s1. The number of amides is 1. The van der Waals surface area contributed by atoms with E-state index in [2.05, 4.69) is 28.6 Å². The fourth-order valence-corrected chi connectivity index (χ4v) is 6.07. The highest BCUT2D eigenvalue weighted by Crippen LogP contribution is 2.42. The Morgan fingerprint density at radius 1 is 1.10 bits per heavy atom. The van der Waals surface area contributed by atoms with E-state index in [1.54, 1.807) is 17.0 Å². The number of phenols is 1. The van der Waals surface area contributed by atoms with E-state index in [0.29, 0.717) is 36.5 Å². The predicted molar refractivity (Wildman–Crippen MR) is 166 cm³/mol. The summed E-state index contributed by atoms with van der Waals surface area (Å²) < 4.78 is 22.7. The third-order valence-electron chi connectivity index (χ3n) is 8.14. The van der Waals surface area contributed by atoms with Gasteiger partial charge in [0.05, 0.1) is 11.6 Å². The lowest BCUT2D eigenvalue weighted by Gasteiger charge is -2.43. The van der Waals surface area contributed by atoms with Crippen LogP contribution in [0, 0.1) is 5.82 Å². The molecule has 3 aromatic carbocycles. The minimum Gasteiger partial charge on any atom is -0.508 e. The number of carbonyl (C=O) groups is 1. The van der Waals surface area contributed by atoms with Gasteiger partial charge in [-0.1, -0.05) is 49.7 Å². The number of aromatic nitrogens is 2. The molecular formula is C32H37ClFN5O3. The van der Waals surface area contributed by atoms with Crippen LogP contribution in [0.1, 0.15) is 34.1 Å². The molecule has 42 heavy (non-hydrogen) atoms. The van der Waals surface area contributed by atoms with Crippen LogP contribution in [0.25, 0.3) is 32.8 Å². The van der Waals surface area contributed by atoms with Gasteiger partial charge in [-0.3, -0.25) is 4.79 Å². The molecule has 0 bridgehead atoms. The normalized spacial score (nSPS) is 17.4. The van der Waals surface area contributed by atoms with Crippen molar-refractivity contribution in [1.82, 2.24) is 19.8 Å². The van der Waals surface area contributed by atoms with Crippen LogP contribution in [-0.4, -0.2) is 82.7 Å². The molecule has 1 aliphatic heterocycles. The van der Waals surface area contributed by atoms with Gasteiger partial charge in [0.1, 0.15) is 17.1 Å². The Morgan fingerprint density at radius 2 is 1.86 bits per heavy atom. The quantitative estimate of drug-likeness (QED) is 0.175. The van der Waals surface area contributed by atoms with Crippen molar-refractivity contribution in [3.8, 4) is 22.9 Å².